The summed E-state index contributed by atoms with van der Waals surface area (Å²) in [6, 6.07) is 4.27. The Labute approximate surface area is 83.9 Å². The third-order valence-electron chi connectivity index (χ3n) is 1.54. The summed E-state index contributed by atoms with van der Waals surface area (Å²) in [5, 5.41) is 3.21. The van der Waals surface area contributed by atoms with Gasteiger partial charge >= 0.3 is 6.61 Å². The molecular weight excluding hydrogens is 208 g/mol. The van der Waals surface area contributed by atoms with E-state index in [-0.39, 0.29) is 17.2 Å². The van der Waals surface area contributed by atoms with Crippen LogP contribution in [-0.2, 0) is 0 Å². The van der Waals surface area contributed by atoms with E-state index < -0.39 is 6.61 Å². The zero-order chi connectivity index (χ0) is 11.3. The topological polar surface area (TPSA) is 67.2 Å². The molecule has 5 nitrogen and oxygen atoms in total. The number of para-hydroxylation sites is 1. The minimum absolute atomic E-state index is 0.0443. The number of azide groups is 1. The monoisotopic (exact) mass is 215 g/mol. The number of rotatable bonds is 4. The van der Waals surface area contributed by atoms with Gasteiger partial charge in [0.2, 0.25) is 0 Å². The van der Waals surface area contributed by atoms with E-state index in [2.05, 4.69) is 14.8 Å². The maximum Gasteiger partial charge on any atom is 0.387 e. The Morgan fingerprint density at radius 2 is 2.20 bits per heavy atom. The molecule has 0 saturated carbocycles. The van der Waals surface area contributed by atoms with Gasteiger partial charge in [-0.25, -0.2) is 0 Å². The van der Waals surface area contributed by atoms with Crippen molar-refractivity contribution in [3.63, 3.8) is 0 Å². The van der Waals surface area contributed by atoms with Gasteiger partial charge in [-0.05, 0) is 17.7 Å². The quantitative estimate of drug-likeness (QED) is 0.439. The summed E-state index contributed by atoms with van der Waals surface area (Å²) in [6.07, 6.45) is 0. The molecule has 0 unspecified atom stereocenters. The van der Waals surface area contributed by atoms with Gasteiger partial charge < -0.3 is 9.47 Å². The van der Waals surface area contributed by atoms with E-state index >= 15 is 0 Å². The van der Waals surface area contributed by atoms with Gasteiger partial charge in [-0.15, -0.1) is 0 Å². The molecule has 0 aromatic heterocycles. The number of nitrogens with zero attached hydrogens (tertiary/aromatic N) is 3. The van der Waals surface area contributed by atoms with Crippen molar-refractivity contribution in [1.29, 1.82) is 0 Å². The highest BCUT2D eigenvalue weighted by molar-refractivity contribution is 5.59. The summed E-state index contributed by atoms with van der Waals surface area (Å²) < 4.78 is 33.1. The molecule has 0 N–H and O–H groups in total. The van der Waals surface area contributed by atoms with Crippen molar-refractivity contribution >= 4 is 5.69 Å². The zero-order valence-corrected chi connectivity index (χ0v) is 7.72. The molecule has 0 fully saturated rings. The smallest absolute Gasteiger partial charge is 0.387 e. The first kappa shape index (κ1) is 11.1. The highest BCUT2D eigenvalue weighted by atomic mass is 19.3. The maximum atomic E-state index is 12.0. The minimum Gasteiger partial charge on any atom is -0.493 e. The molecule has 0 atom stereocenters. The Hall–Kier alpha value is -2.01. The average Bonchev–Trinajstić information content (AvgIpc) is 2.20. The molecule has 0 heterocycles. The van der Waals surface area contributed by atoms with Crippen LogP contribution in [0.15, 0.2) is 23.3 Å². The molecule has 0 spiro atoms. The normalized spacial score (nSPS) is 9.60. The molecule has 80 valence electrons. The fraction of sp³-hybridized carbons (Fsp3) is 0.250. The van der Waals surface area contributed by atoms with Gasteiger partial charge in [-0.3, -0.25) is 0 Å². The summed E-state index contributed by atoms with van der Waals surface area (Å²) in [4.78, 5) is 2.49. The molecule has 1 aromatic carbocycles. The van der Waals surface area contributed by atoms with Crippen molar-refractivity contribution in [3.05, 3.63) is 28.6 Å². The van der Waals surface area contributed by atoms with Crippen molar-refractivity contribution in [1.82, 2.24) is 0 Å². The van der Waals surface area contributed by atoms with E-state index in [9.17, 15) is 8.78 Å². The van der Waals surface area contributed by atoms with Crippen LogP contribution < -0.4 is 9.47 Å². The third kappa shape index (κ3) is 2.72. The molecule has 0 saturated heterocycles. The van der Waals surface area contributed by atoms with Gasteiger partial charge in [0.25, 0.3) is 0 Å². The lowest BCUT2D eigenvalue weighted by Crippen LogP contribution is -2.03. The standard InChI is InChI=1S/C8H7F2N3O2/c1-14-6-4-2-3-5(12-13-11)7(6)15-8(9)10/h2-4,8H,1H3. The molecule has 0 amide bonds. The van der Waals surface area contributed by atoms with Gasteiger partial charge in [-0.1, -0.05) is 11.2 Å². The number of methoxy groups -OCH3 is 1. The zero-order valence-electron chi connectivity index (χ0n) is 7.72. The molecule has 7 heteroatoms. The molecule has 0 aliphatic heterocycles. The van der Waals surface area contributed by atoms with Crippen molar-refractivity contribution in [2.75, 3.05) is 7.11 Å². The summed E-state index contributed by atoms with van der Waals surface area (Å²) in [6.45, 7) is -3.01. The van der Waals surface area contributed by atoms with E-state index in [1.54, 1.807) is 0 Å². The highest BCUT2D eigenvalue weighted by Gasteiger charge is 2.13. The molecule has 0 aliphatic rings. The molecule has 0 bridgehead atoms. The van der Waals surface area contributed by atoms with Crippen LogP contribution in [0, 0.1) is 0 Å². The second-order valence-corrected chi connectivity index (χ2v) is 2.38. The summed E-state index contributed by atoms with van der Waals surface area (Å²) in [5.74, 6) is -0.187. The third-order valence-corrected chi connectivity index (χ3v) is 1.54. The van der Waals surface area contributed by atoms with Crippen LogP contribution in [0.25, 0.3) is 10.4 Å². The molecular formula is C8H7F2N3O2. The number of benzene rings is 1. The van der Waals surface area contributed by atoms with Gasteiger partial charge in [0.15, 0.2) is 11.5 Å². The Balaban J connectivity index is 3.19. The van der Waals surface area contributed by atoms with Crippen molar-refractivity contribution in [3.8, 4) is 11.5 Å². The number of hydrogen-bond acceptors (Lipinski definition) is 3. The molecule has 1 aromatic rings. The van der Waals surface area contributed by atoms with Crippen LogP contribution in [0.5, 0.6) is 11.5 Å². The van der Waals surface area contributed by atoms with Gasteiger partial charge in [-0.2, -0.15) is 8.78 Å². The second kappa shape index (κ2) is 5.02. The Morgan fingerprint density at radius 3 is 2.73 bits per heavy atom. The van der Waals surface area contributed by atoms with Crippen LogP contribution in [0.1, 0.15) is 0 Å². The van der Waals surface area contributed by atoms with E-state index in [1.165, 1.54) is 25.3 Å². The predicted molar refractivity (Wildman–Crippen MR) is 48.4 cm³/mol. The highest BCUT2D eigenvalue weighted by Crippen LogP contribution is 2.38. The first-order valence-electron chi connectivity index (χ1n) is 3.86. The predicted octanol–water partition coefficient (Wildman–Crippen LogP) is 3.24. The van der Waals surface area contributed by atoms with E-state index in [0.717, 1.165) is 0 Å². The fourth-order valence-electron chi connectivity index (χ4n) is 0.999. The molecule has 0 radical (unpaired) electrons. The Morgan fingerprint density at radius 1 is 1.47 bits per heavy atom. The van der Waals surface area contributed by atoms with Crippen molar-refractivity contribution in [2.24, 2.45) is 5.11 Å². The van der Waals surface area contributed by atoms with Crippen molar-refractivity contribution in [2.45, 2.75) is 6.61 Å². The van der Waals surface area contributed by atoms with E-state index in [1.807, 2.05) is 0 Å². The largest absolute Gasteiger partial charge is 0.493 e. The summed E-state index contributed by atoms with van der Waals surface area (Å²) in [5.41, 5.74) is 8.17. The van der Waals surface area contributed by atoms with Crippen LogP contribution >= 0.6 is 0 Å². The van der Waals surface area contributed by atoms with Crippen LogP contribution in [-0.4, -0.2) is 13.7 Å². The lowest BCUT2D eigenvalue weighted by atomic mass is 10.3. The number of alkyl halides is 2. The first-order valence-corrected chi connectivity index (χ1v) is 3.86. The van der Waals surface area contributed by atoms with Crippen LogP contribution in [0.3, 0.4) is 0 Å². The van der Waals surface area contributed by atoms with E-state index in [0.29, 0.717) is 0 Å². The van der Waals surface area contributed by atoms with Crippen LogP contribution in [0.4, 0.5) is 14.5 Å². The van der Waals surface area contributed by atoms with Crippen molar-refractivity contribution < 1.29 is 18.3 Å². The summed E-state index contributed by atoms with van der Waals surface area (Å²) >= 11 is 0. The number of halogens is 2. The Kier molecular flexibility index (Phi) is 3.70. The maximum absolute atomic E-state index is 12.0. The number of ether oxygens (including phenoxy) is 2. The van der Waals surface area contributed by atoms with Gasteiger partial charge in [0, 0.05) is 4.91 Å². The second-order valence-electron chi connectivity index (χ2n) is 2.38. The summed E-state index contributed by atoms with van der Waals surface area (Å²) in [7, 11) is 1.30. The SMILES string of the molecule is COc1cccc(N=[N+]=[N-])c1OC(F)F. The molecule has 15 heavy (non-hydrogen) atoms. The molecule has 0 aliphatic carbocycles. The average molecular weight is 215 g/mol. The minimum atomic E-state index is -3.01. The van der Waals surface area contributed by atoms with Gasteiger partial charge in [0.05, 0.1) is 12.8 Å². The number of hydrogen-bond donors (Lipinski definition) is 0. The Bertz CT molecular complexity index is 391. The lowest BCUT2D eigenvalue weighted by Gasteiger charge is -2.11. The lowest BCUT2D eigenvalue weighted by molar-refractivity contribution is -0.0507. The fourth-order valence-corrected chi connectivity index (χ4v) is 0.999. The van der Waals surface area contributed by atoms with E-state index in [4.69, 9.17) is 10.3 Å². The van der Waals surface area contributed by atoms with Crippen LogP contribution in [0.2, 0.25) is 0 Å². The van der Waals surface area contributed by atoms with Gasteiger partial charge in [0.1, 0.15) is 0 Å². The first-order chi connectivity index (χ1) is 7.19. The molecule has 1 rings (SSSR count).